The first-order valence-corrected chi connectivity index (χ1v) is 18.4. The third-order valence-electron chi connectivity index (χ3n) is 9.87. The Hall–Kier alpha value is -3.95. The van der Waals surface area contributed by atoms with E-state index in [4.69, 9.17) is 42.1 Å². The number of nitrogens with zero attached hydrogens (tertiary/aromatic N) is 1. The van der Waals surface area contributed by atoms with Crippen LogP contribution in [0.2, 0.25) is 10.0 Å². The molecule has 2 amide bonds. The van der Waals surface area contributed by atoms with Crippen molar-refractivity contribution in [3.63, 3.8) is 0 Å². The highest BCUT2D eigenvalue weighted by Crippen LogP contribution is 2.41. The van der Waals surface area contributed by atoms with E-state index in [2.05, 4.69) is 26.1 Å². The number of benzene rings is 3. The molecule has 0 spiro atoms. The maximum absolute atomic E-state index is 13.9. The van der Waals surface area contributed by atoms with Gasteiger partial charge in [0.15, 0.2) is 0 Å². The van der Waals surface area contributed by atoms with Crippen LogP contribution in [0.3, 0.4) is 0 Å². The predicted octanol–water partition coefficient (Wildman–Crippen LogP) is 9.31. The highest BCUT2D eigenvalue weighted by molar-refractivity contribution is 6.42. The van der Waals surface area contributed by atoms with Gasteiger partial charge in [0, 0.05) is 12.0 Å². The zero-order valence-corrected chi connectivity index (χ0v) is 31.5. The van der Waals surface area contributed by atoms with Crippen molar-refractivity contribution in [3.8, 4) is 11.5 Å². The summed E-state index contributed by atoms with van der Waals surface area (Å²) in [4.78, 5) is 42.3. The number of nitrogens with one attached hydrogen (secondary N) is 1. The summed E-state index contributed by atoms with van der Waals surface area (Å²) in [6.45, 7) is 12.3. The molecular formula is C40H46Cl2N2O7. The monoisotopic (exact) mass is 736 g/mol. The molecule has 0 aromatic heterocycles. The van der Waals surface area contributed by atoms with Gasteiger partial charge in [-0.2, -0.15) is 0 Å². The molecule has 9 nitrogen and oxygen atoms in total. The lowest BCUT2D eigenvalue weighted by Crippen LogP contribution is -2.52. The van der Waals surface area contributed by atoms with E-state index >= 15 is 0 Å². The molecule has 51 heavy (non-hydrogen) atoms. The van der Waals surface area contributed by atoms with Crippen molar-refractivity contribution in [2.75, 3.05) is 5.32 Å². The first-order chi connectivity index (χ1) is 24.1. The number of hydrogen-bond acceptors (Lipinski definition) is 7. The lowest BCUT2D eigenvalue weighted by molar-refractivity contribution is -0.162. The van der Waals surface area contributed by atoms with Gasteiger partial charge in [0.05, 0.1) is 22.3 Å². The quantitative estimate of drug-likeness (QED) is 0.241. The molecule has 0 bridgehead atoms. The van der Waals surface area contributed by atoms with Gasteiger partial charge >= 0.3 is 12.1 Å². The molecule has 1 aliphatic carbocycles. The molecule has 272 valence electrons. The van der Waals surface area contributed by atoms with Gasteiger partial charge in [0.25, 0.3) is 5.91 Å². The Balaban J connectivity index is 1.20. The number of rotatable bonds is 7. The molecule has 3 aliphatic rings. The van der Waals surface area contributed by atoms with E-state index in [1.807, 2.05) is 18.2 Å². The maximum atomic E-state index is 13.9. The van der Waals surface area contributed by atoms with E-state index in [0.717, 1.165) is 36.0 Å². The van der Waals surface area contributed by atoms with Crippen LogP contribution in [0.5, 0.6) is 11.5 Å². The number of fused-ring (bicyclic) bond motifs is 2. The average Bonchev–Trinajstić information content (AvgIpc) is 3.06. The van der Waals surface area contributed by atoms with Gasteiger partial charge in [-0.05, 0) is 104 Å². The SMILES string of the molecule is CC1CC[C@@H](C(C)C)[C@H](OC(=O)[C@@H]2Cc3cc4c(cc3CN2C(=O)OC(C)(C)C)O[C@@H](c2ccc(OCc3ccc(Cl)c(Cl)c3)cc2)C(=O)N4)C1. The fraction of sp³-hybridized carbons (Fsp3) is 0.475. The number of amides is 2. The Kier molecular flexibility index (Phi) is 10.8. The topological polar surface area (TPSA) is 103 Å². The summed E-state index contributed by atoms with van der Waals surface area (Å²) in [5, 5.41) is 3.92. The largest absolute Gasteiger partial charge is 0.489 e. The van der Waals surface area contributed by atoms with Crippen LogP contribution in [0, 0.1) is 17.8 Å². The Bertz CT molecular complexity index is 1790. The molecule has 1 saturated carbocycles. The summed E-state index contributed by atoms with van der Waals surface area (Å²) >= 11 is 12.1. The van der Waals surface area contributed by atoms with Gasteiger partial charge in [-0.15, -0.1) is 0 Å². The van der Waals surface area contributed by atoms with Crippen LogP contribution >= 0.6 is 23.2 Å². The van der Waals surface area contributed by atoms with E-state index < -0.39 is 29.8 Å². The summed E-state index contributed by atoms with van der Waals surface area (Å²) in [7, 11) is 0. The second-order valence-electron chi connectivity index (χ2n) is 15.3. The molecule has 2 heterocycles. The smallest absolute Gasteiger partial charge is 0.411 e. The average molecular weight is 738 g/mol. The highest BCUT2D eigenvalue weighted by Gasteiger charge is 2.42. The molecule has 2 aliphatic heterocycles. The number of halogens is 2. The molecule has 3 aromatic rings. The minimum absolute atomic E-state index is 0.124. The number of ether oxygens (including phenoxy) is 4. The summed E-state index contributed by atoms with van der Waals surface area (Å²) in [6, 6.07) is 15.3. The molecule has 1 unspecified atom stereocenters. The van der Waals surface area contributed by atoms with Crippen molar-refractivity contribution in [1.82, 2.24) is 4.90 Å². The fourth-order valence-corrected chi connectivity index (χ4v) is 7.47. The Labute approximate surface area is 309 Å². The molecule has 3 aromatic carbocycles. The van der Waals surface area contributed by atoms with Crippen LogP contribution in [-0.4, -0.2) is 40.6 Å². The molecule has 0 radical (unpaired) electrons. The normalized spacial score (nSPS) is 23.0. The molecule has 5 atom stereocenters. The van der Waals surface area contributed by atoms with Crippen molar-refractivity contribution in [2.45, 2.75) is 104 Å². The number of anilines is 1. The minimum Gasteiger partial charge on any atom is -0.489 e. The van der Waals surface area contributed by atoms with Gasteiger partial charge in [-0.1, -0.05) is 68.6 Å². The van der Waals surface area contributed by atoms with Crippen LogP contribution in [0.1, 0.15) is 89.2 Å². The van der Waals surface area contributed by atoms with Crippen molar-refractivity contribution in [2.24, 2.45) is 17.8 Å². The zero-order valence-electron chi connectivity index (χ0n) is 30.0. The summed E-state index contributed by atoms with van der Waals surface area (Å²) in [6.07, 6.45) is 1.44. The molecule has 0 saturated heterocycles. The number of carbonyl (C=O) groups is 3. The molecular weight excluding hydrogens is 691 g/mol. The van der Waals surface area contributed by atoms with Crippen molar-refractivity contribution in [3.05, 3.63) is 86.9 Å². The van der Waals surface area contributed by atoms with E-state index in [1.54, 1.807) is 57.2 Å². The van der Waals surface area contributed by atoms with Crippen molar-refractivity contribution in [1.29, 1.82) is 0 Å². The number of hydrogen-bond donors (Lipinski definition) is 1. The van der Waals surface area contributed by atoms with E-state index in [-0.39, 0.29) is 30.9 Å². The van der Waals surface area contributed by atoms with Crippen LogP contribution < -0.4 is 14.8 Å². The minimum atomic E-state index is -0.903. The van der Waals surface area contributed by atoms with Crippen LogP contribution in [0.15, 0.2) is 54.6 Å². The summed E-state index contributed by atoms with van der Waals surface area (Å²) in [5.41, 5.74) is 2.90. The molecule has 11 heteroatoms. The zero-order chi connectivity index (χ0) is 36.6. The first-order valence-electron chi connectivity index (χ1n) is 17.6. The number of carbonyl (C=O) groups excluding carboxylic acids is 3. The highest BCUT2D eigenvalue weighted by atomic mass is 35.5. The van der Waals surface area contributed by atoms with Crippen LogP contribution in [-0.2, 0) is 38.6 Å². The second-order valence-corrected chi connectivity index (χ2v) is 16.2. The standard InChI is InChI=1S/C40H46Cl2N2O7/c1-22(2)29-13-7-23(3)15-34(29)50-38(46)33-18-26-17-32-35(19-27(26)20-44(33)39(47)51-40(4,5)6)49-36(37(45)43-32)25-9-11-28(12-10-25)48-21-24-8-14-30(41)31(42)16-24/h8-12,14,16-17,19,22-23,29,33-34,36H,7,13,15,18,20-21H2,1-6H3,(H,43,45)/t23?,29-,33-,34+,36-/m0/s1. The van der Waals surface area contributed by atoms with Crippen LogP contribution in [0.4, 0.5) is 10.5 Å². The van der Waals surface area contributed by atoms with E-state index in [1.165, 1.54) is 4.90 Å². The fourth-order valence-electron chi connectivity index (χ4n) is 7.15. The molecule has 1 N–H and O–H groups in total. The van der Waals surface area contributed by atoms with Crippen molar-refractivity contribution >= 4 is 46.9 Å². The third kappa shape index (κ3) is 8.58. The van der Waals surface area contributed by atoms with Gasteiger partial charge in [0.1, 0.15) is 35.9 Å². The van der Waals surface area contributed by atoms with Crippen molar-refractivity contribution < 1.29 is 33.3 Å². The lowest BCUT2D eigenvalue weighted by atomic mass is 9.75. The lowest BCUT2D eigenvalue weighted by Gasteiger charge is -2.40. The van der Waals surface area contributed by atoms with Crippen LogP contribution in [0.25, 0.3) is 0 Å². The summed E-state index contributed by atoms with van der Waals surface area (Å²) in [5.74, 6) is 1.43. The first kappa shape index (κ1) is 36.8. The molecule has 1 fully saturated rings. The second kappa shape index (κ2) is 15.0. The maximum Gasteiger partial charge on any atom is 0.411 e. The Morgan fingerprint density at radius 2 is 1.75 bits per heavy atom. The van der Waals surface area contributed by atoms with Gasteiger partial charge in [-0.25, -0.2) is 9.59 Å². The van der Waals surface area contributed by atoms with Gasteiger partial charge < -0.3 is 24.3 Å². The predicted molar refractivity (Wildman–Crippen MR) is 196 cm³/mol. The Morgan fingerprint density at radius 3 is 2.43 bits per heavy atom. The Morgan fingerprint density at radius 1 is 1.00 bits per heavy atom. The van der Waals surface area contributed by atoms with E-state index in [9.17, 15) is 14.4 Å². The van der Waals surface area contributed by atoms with Gasteiger partial charge in [0.2, 0.25) is 6.10 Å². The summed E-state index contributed by atoms with van der Waals surface area (Å²) < 4.78 is 24.2. The number of esters is 1. The van der Waals surface area contributed by atoms with E-state index in [0.29, 0.717) is 51.2 Å². The van der Waals surface area contributed by atoms with Gasteiger partial charge in [-0.3, -0.25) is 9.69 Å². The molecule has 6 rings (SSSR count). The third-order valence-corrected chi connectivity index (χ3v) is 10.6.